The van der Waals surface area contributed by atoms with Crippen LogP contribution >= 0.6 is 0 Å². The van der Waals surface area contributed by atoms with Gasteiger partial charge in [-0.15, -0.1) is 0 Å². The summed E-state index contributed by atoms with van der Waals surface area (Å²) in [7, 11) is 0. The first-order chi connectivity index (χ1) is 11.2. The minimum atomic E-state index is -0.995. The number of hydrogen-bond donors (Lipinski definition) is 1. The number of carbonyl (C=O) groups is 2. The van der Waals surface area contributed by atoms with Gasteiger partial charge in [-0.3, -0.25) is 9.69 Å². The van der Waals surface area contributed by atoms with Crippen LogP contribution < -0.4 is 9.80 Å². The molecule has 1 unspecified atom stereocenters. The summed E-state index contributed by atoms with van der Waals surface area (Å²) in [6.45, 7) is 1.92. The van der Waals surface area contributed by atoms with E-state index in [9.17, 15) is 14.7 Å². The lowest BCUT2D eigenvalue weighted by molar-refractivity contribution is -0.122. The van der Waals surface area contributed by atoms with Gasteiger partial charge in [-0.05, 0) is 37.8 Å². The van der Waals surface area contributed by atoms with Gasteiger partial charge in [0.05, 0.1) is 11.4 Å². The Hall–Kier alpha value is -2.24. The Morgan fingerprint density at radius 2 is 1.74 bits per heavy atom. The van der Waals surface area contributed by atoms with Crippen molar-refractivity contribution in [3.63, 3.8) is 0 Å². The zero-order chi connectivity index (χ0) is 16.0. The third kappa shape index (κ3) is 2.42. The lowest BCUT2D eigenvalue weighted by Crippen LogP contribution is -2.52. The van der Waals surface area contributed by atoms with Crippen molar-refractivity contribution in [2.45, 2.75) is 37.8 Å². The van der Waals surface area contributed by atoms with Gasteiger partial charge >= 0.3 is 6.09 Å². The van der Waals surface area contributed by atoms with Crippen LogP contribution in [-0.2, 0) is 4.79 Å². The SMILES string of the molecule is O=C(C1CCCN1C(=O)O)N1CCN(C2CC2)c2ccccc21. The van der Waals surface area contributed by atoms with E-state index in [0.29, 0.717) is 25.6 Å². The van der Waals surface area contributed by atoms with Gasteiger partial charge in [0.2, 0.25) is 5.91 Å². The van der Waals surface area contributed by atoms with E-state index < -0.39 is 12.1 Å². The number of hydrogen-bond acceptors (Lipinski definition) is 3. The van der Waals surface area contributed by atoms with Crippen LogP contribution in [0, 0.1) is 0 Å². The third-order valence-electron chi connectivity index (χ3n) is 5.08. The largest absolute Gasteiger partial charge is 0.465 e. The molecule has 6 nitrogen and oxygen atoms in total. The Morgan fingerprint density at radius 3 is 2.43 bits per heavy atom. The Balaban J connectivity index is 1.62. The van der Waals surface area contributed by atoms with E-state index in [1.54, 1.807) is 4.90 Å². The summed E-state index contributed by atoms with van der Waals surface area (Å²) >= 11 is 0. The van der Waals surface area contributed by atoms with E-state index in [-0.39, 0.29) is 5.91 Å². The second-order valence-corrected chi connectivity index (χ2v) is 6.54. The molecule has 1 saturated heterocycles. The van der Waals surface area contributed by atoms with Crippen LogP contribution in [0.1, 0.15) is 25.7 Å². The van der Waals surface area contributed by atoms with Crippen LogP contribution in [0.3, 0.4) is 0 Å². The van der Waals surface area contributed by atoms with Gasteiger partial charge in [0.25, 0.3) is 0 Å². The maximum atomic E-state index is 13.0. The molecular formula is C17H21N3O3. The maximum Gasteiger partial charge on any atom is 0.407 e. The summed E-state index contributed by atoms with van der Waals surface area (Å²) in [6, 6.07) is 8.06. The first-order valence-corrected chi connectivity index (χ1v) is 8.33. The highest BCUT2D eigenvalue weighted by Crippen LogP contribution is 2.40. The molecule has 2 fully saturated rings. The number of amides is 2. The molecule has 4 rings (SSSR count). The molecule has 1 aromatic rings. The second-order valence-electron chi connectivity index (χ2n) is 6.54. The zero-order valence-electron chi connectivity index (χ0n) is 13.0. The van der Waals surface area contributed by atoms with Crippen molar-refractivity contribution in [3.05, 3.63) is 24.3 Å². The number of carboxylic acid groups (broad SMARTS) is 1. The van der Waals surface area contributed by atoms with E-state index in [4.69, 9.17) is 0 Å². The van der Waals surface area contributed by atoms with Crippen LogP contribution in [-0.4, -0.2) is 53.7 Å². The molecule has 0 radical (unpaired) electrons. The van der Waals surface area contributed by atoms with Crippen molar-refractivity contribution in [1.82, 2.24) is 4.90 Å². The van der Waals surface area contributed by atoms with E-state index in [0.717, 1.165) is 24.3 Å². The van der Waals surface area contributed by atoms with Gasteiger partial charge in [0.1, 0.15) is 6.04 Å². The molecule has 122 valence electrons. The van der Waals surface area contributed by atoms with Crippen molar-refractivity contribution < 1.29 is 14.7 Å². The van der Waals surface area contributed by atoms with Crippen molar-refractivity contribution in [3.8, 4) is 0 Å². The number of nitrogens with zero attached hydrogens (tertiary/aromatic N) is 3. The van der Waals surface area contributed by atoms with Crippen LogP contribution in [0.4, 0.5) is 16.2 Å². The first kappa shape index (κ1) is 14.4. The number of anilines is 2. The fourth-order valence-corrected chi connectivity index (χ4v) is 3.81. The van der Waals surface area contributed by atoms with Crippen LogP contribution in [0.15, 0.2) is 24.3 Å². The van der Waals surface area contributed by atoms with Crippen LogP contribution in [0.25, 0.3) is 0 Å². The quantitative estimate of drug-likeness (QED) is 0.908. The summed E-state index contributed by atoms with van der Waals surface area (Å²) in [6.07, 6.45) is 2.82. The summed E-state index contributed by atoms with van der Waals surface area (Å²) in [4.78, 5) is 29.8. The van der Waals surface area contributed by atoms with Crippen molar-refractivity contribution in [1.29, 1.82) is 0 Å². The van der Waals surface area contributed by atoms with Crippen LogP contribution in [0.2, 0.25) is 0 Å². The fourth-order valence-electron chi connectivity index (χ4n) is 3.81. The summed E-state index contributed by atoms with van der Waals surface area (Å²) in [5.41, 5.74) is 2.03. The van der Waals surface area contributed by atoms with E-state index in [1.807, 2.05) is 18.2 Å². The Bertz CT molecular complexity index is 644. The van der Waals surface area contributed by atoms with Crippen LogP contribution in [0.5, 0.6) is 0 Å². The molecule has 1 aromatic carbocycles. The van der Waals surface area contributed by atoms with Gasteiger partial charge in [-0.2, -0.15) is 0 Å². The summed E-state index contributed by atoms with van der Waals surface area (Å²) in [5.74, 6) is -0.0761. The number of likely N-dealkylation sites (tertiary alicyclic amines) is 1. The molecule has 2 amide bonds. The molecule has 1 aliphatic carbocycles. The number of benzene rings is 1. The Kier molecular flexibility index (Phi) is 3.39. The number of rotatable bonds is 2. The number of carbonyl (C=O) groups excluding carboxylic acids is 1. The average molecular weight is 315 g/mol. The number of fused-ring (bicyclic) bond motifs is 1. The van der Waals surface area contributed by atoms with Gasteiger partial charge in [-0.1, -0.05) is 12.1 Å². The van der Waals surface area contributed by atoms with Crippen molar-refractivity contribution >= 4 is 23.4 Å². The lowest BCUT2D eigenvalue weighted by atomic mass is 10.1. The summed E-state index contributed by atoms with van der Waals surface area (Å²) in [5, 5.41) is 9.30. The molecule has 1 atom stereocenters. The highest BCUT2D eigenvalue weighted by molar-refractivity contribution is 6.02. The van der Waals surface area contributed by atoms with E-state index in [2.05, 4.69) is 11.0 Å². The molecule has 23 heavy (non-hydrogen) atoms. The monoisotopic (exact) mass is 315 g/mol. The zero-order valence-corrected chi connectivity index (χ0v) is 13.0. The summed E-state index contributed by atoms with van der Waals surface area (Å²) < 4.78 is 0. The van der Waals surface area contributed by atoms with Gasteiger partial charge < -0.3 is 14.9 Å². The average Bonchev–Trinajstić information content (AvgIpc) is 3.28. The van der Waals surface area contributed by atoms with E-state index >= 15 is 0 Å². The smallest absolute Gasteiger partial charge is 0.407 e. The van der Waals surface area contributed by atoms with Gasteiger partial charge in [0.15, 0.2) is 0 Å². The minimum absolute atomic E-state index is 0.0761. The molecule has 0 spiro atoms. The Labute approximate surface area is 135 Å². The topological polar surface area (TPSA) is 64.1 Å². The molecule has 0 aromatic heterocycles. The normalized spacial score (nSPS) is 23.8. The number of para-hydroxylation sites is 2. The van der Waals surface area contributed by atoms with E-state index in [1.165, 1.54) is 17.7 Å². The van der Waals surface area contributed by atoms with Gasteiger partial charge in [0, 0.05) is 25.7 Å². The standard InChI is InChI=1S/C17H21N3O3/c21-16(15-6-3-9-20(15)17(22)23)19-11-10-18(12-7-8-12)13-4-1-2-5-14(13)19/h1-2,4-5,12,15H,3,6-11H2,(H,22,23). The second kappa shape index (κ2) is 5.44. The first-order valence-electron chi connectivity index (χ1n) is 8.33. The minimum Gasteiger partial charge on any atom is -0.465 e. The predicted octanol–water partition coefficient (Wildman–Crippen LogP) is 2.14. The molecule has 2 heterocycles. The molecular weight excluding hydrogens is 294 g/mol. The molecule has 0 bridgehead atoms. The molecule has 2 aliphatic heterocycles. The fraction of sp³-hybridized carbons (Fsp3) is 0.529. The van der Waals surface area contributed by atoms with Crippen molar-refractivity contribution in [2.24, 2.45) is 0 Å². The third-order valence-corrected chi connectivity index (χ3v) is 5.08. The molecule has 3 aliphatic rings. The lowest BCUT2D eigenvalue weighted by Gasteiger charge is -2.39. The highest BCUT2D eigenvalue weighted by Gasteiger charge is 2.40. The molecule has 1 N–H and O–H groups in total. The van der Waals surface area contributed by atoms with Gasteiger partial charge in [-0.25, -0.2) is 4.79 Å². The van der Waals surface area contributed by atoms with Crippen molar-refractivity contribution in [2.75, 3.05) is 29.4 Å². The molecule has 1 saturated carbocycles. The predicted molar refractivity (Wildman–Crippen MR) is 86.9 cm³/mol. The molecule has 6 heteroatoms. The Morgan fingerprint density at radius 1 is 1.00 bits per heavy atom. The highest BCUT2D eigenvalue weighted by atomic mass is 16.4. The maximum absolute atomic E-state index is 13.0.